The van der Waals surface area contributed by atoms with Gasteiger partial charge in [-0.1, -0.05) is 13.8 Å². The molecule has 0 aromatic heterocycles. The summed E-state index contributed by atoms with van der Waals surface area (Å²) < 4.78 is 2.54. The molecule has 160 valence electrons. The smallest absolute Gasteiger partial charge is 0.183 e. The maximum Gasteiger partial charge on any atom is 0.183 e. The first kappa shape index (κ1) is 27.5. The van der Waals surface area contributed by atoms with E-state index in [4.69, 9.17) is 10.8 Å². The van der Waals surface area contributed by atoms with Crippen LogP contribution in [0.1, 0.15) is 25.0 Å². The van der Waals surface area contributed by atoms with Crippen LogP contribution in [0.25, 0.3) is 0 Å². The molecule has 2 rings (SSSR count). The fourth-order valence-corrected chi connectivity index (χ4v) is 4.39. The fourth-order valence-electron chi connectivity index (χ4n) is 2.02. The Morgan fingerprint density at radius 2 is 0.862 bits per heavy atom. The average Bonchev–Trinajstić information content (AvgIpc) is 2.55. The predicted molar refractivity (Wildman–Crippen MR) is 131 cm³/mol. The minimum atomic E-state index is -0.333. The highest BCUT2D eigenvalue weighted by Gasteiger charge is 2.26. The van der Waals surface area contributed by atoms with Crippen molar-refractivity contribution in [2.75, 3.05) is 0 Å². The molecule has 0 bridgehead atoms. The Kier molecular flexibility index (Phi) is 11.0. The lowest BCUT2D eigenvalue weighted by atomic mass is 9.78. The van der Waals surface area contributed by atoms with E-state index in [1.807, 2.05) is 24.3 Å². The minimum absolute atomic E-state index is 0.183. The van der Waals surface area contributed by atoms with E-state index in [0.29, 0.717) is 17.9 Å². The highest BCUT2D eigenvalue weighted by atomic mass is 79.9. The van der Waals surface area contributed by atoms with Crippen LogP contribution in [0, 0.1) is 10.8 Å². The van der Waals surface area contributed by atoms with Gasteiger partial charge in [-0.25, -0.2) is 0 Å². The van der Waals surface area contributed by atoms with Crippen molar-refractivity contribution in [1.29, 1.82) is 10.8 Å². The maximum atomic E-state index is 9.85. The molecule has 8 nitrogen and oxygen atoms in total. The highest BCUT2D eigenvalue weighted by Crippen LogP contribution is 2.43. The van der Waals surface area contributed by atoms with Gasteiger partial charge in [0.15, 0.2) is 11.9 Å². The van der Waals surface area contributed by atoms with E-state index >= 15 is 0 Å². The zero-order valence-corrected chi connectivity index (χ0v) is 21.9. The van der Waals surface area contributed by atoms with Gasteiger partial charge in [-0.15, -0.1) is 0 Å². The van der Waals surface area contributed by atoms with Crippen LogP contribution >= 0.6 is 63.7 Å². The van der Waals surface area contributed by atoms with Crippen molar-refractivity contribution < 1.29 is 10.2 Å². The molecule has 0 spiro atoms. The first-order valence-corrected chi connectivity index (χ1v) is 10.8. The van der Waals surface area contributed by atoms with Crippen LogP contribution in [0.2, 0.25) is 0 Å². The predicted octanol–water partition coefficient (Wildman–Crippen LogP) is 4.15. The zero-order valence-electron chi connectivity index (χ0n) is 15.5. The molecule has 0 aliphatic heterocycles. The quantitative estimate of drug-likeness (QED) is 0.176. The molecule has 12 N–H and O–H groups in total. The Balaban J connectivity index is 0.000000837. The maximum absolute atomic E-state index is 9.85. The molecule has 0 amide bonds. The van der Waals surface area contributed by atoms with E-state index in [-0.39, 0.29) is 28.8 Å². The Hall–Kier alpha value is -1.50. The molecule has 0 fully saturated rings. The molecule has 0 aliphatic carbocycles. The van der Waals surface area contributed by atoms with E-state index in [2.05, 4.69) is 101 Å². The Bertz CT molecular complexity index is 780. The molecule has 0 unspecified atom stereocenters. The summed E-state index contributed by atoms with van der Waals surface area (Å²) in [5.74, 6) is -0.301. The van der Waals surface area contributed by atoms with Crippen molar-refractivity contribution in [3.63, 3.8) is 0 Å². The first-order valence-electron chi connectivity index (χ1n) is 7.67. The zero-order chi connectivity index (χ0) is 23.1. The lowest BCUT2D eigenvalue weighted by Gasteiger charge is -2.27. The molecule has 2 aromatic rings. The Morgan fingerprint density at radius 1 is 0.690 bits per heavy atom. The Morgan fingerprint density at radius 3 is 1.03 bits per heavy atom. The van der Waals surface area contributed by atoms with Gasteiger partial charge in [0.2, 0.25) is 0 Å². The second-order valence-electron chi connectivity index (χ2n) is 6.11. The summed E-state index contributed by atoms with van der Waals surface area (Å²) in [6.07, 6.45) is 0. The second-order valence-corrected chi connectivity index (χ2v) is 9.53. The number of benzene rings is 2. The molecular formula is C17H22Br4N6O2. The van der Waals surface area contributed by atoms with Gasteiger partial charge in [0.1, 0.15) is 11.5 Å². The molecule has 0 saturated carbocycles. The van der Waals surface area contributed by atoms with Crippen molar-refractivity contribution >= 4 is 75.6 Å². The molecule has 0 radical (unpaired) electrons. The minimum Gasteiger partial charge on any atom is -0.506 e. The summed E-state index contributed by atoms with van der Waals surface area (Å²) in [6, 6.07) is 7.59. The van der Waals surface area contributed by atoms with E-state index in [1.165, 1.54) is 0 Å². The third-order valence-electron chi connectivity index (χ3n) is 3.48. The van der Waals surface area contributed by atoms with Gasteiger partial charge in [0.25, 0.3) is 0 Å². The van der Waals surface area contributed by atoms with Crippen LogP contribution < -0.4 is 22.9 Å². The van der Waals surface area contributed by atoms with Crippen LogP contribution in [0.3, 0.4) is 0 Å². The molecule has 0 atom stereocenters. The van der Waals surface area contributed by atoms with Crippen LogP contribution in [0.4, 0.5) is 0 Å². The third kappa shape index (κ3) is 8.81. The van der Waals surface area contributed by atoms with Gasteiger partial charge in [0.05, 0.1) is 17.9 Å². The highest BCUT2D eigenvalue weighted by molar-refractivity contribution is 9.11. The third-order valence-corrected chi connectivity index (χ3v) is 5.90. The summed E-state index contributed by atoms with van der Waals surface area (Å²) >= 11 is 13.5. The molecular weight excluding hydrogens is 640 g/mol. The largest absolute Gasteiger partial charge is 0.506 e. The topological polar surface area (TPSA) is 192 Å². The molecule has 12 heteroatoms. The number of aromatic hydroxyl groups is 2. The number of guanidine groups is 2. The van der Waals surface area contributed by atoms with Crippen molar-refractivity contribution in [1.82, 2.24) is 0 Å². The van der Waals surface area contributed by atoms with Gasteiger partial charge in [0, 0.05) is 5.41 Å². The molecule has 0 aliphatic rings. The van der Waals surface area contributed by atoms with Crippen LogP contribution in [0.15, 0.2) is 42.2 Å². The standard InChI is InChI=1S/C15H12Br4O2.2CH5N3/c1-15(2,7-3-9(16)13(20)10(17)4-7)8-5-11(18)14(21)12(19)6-8;2*2-1(3)4/h3-6,20-21H,1-2H3;2*(H5,2,3,4). The van der Waals surface area contributed by atoms with Crippen molar-refractivity contribution in [3.8, 4) is 11.5 Å². The fraction of sp³-hybridized carbons (Fsp3) is 0.176. The summed E-state index contributed by atoms with van der Waals surface area (Å²) in [4.78, 5) is 0. The Labute approximate surface area is 202 Å². The molecule has 0 heterocycles. The number of rotatable bonds is 2. The monoisotopic (exact) mass is 658 g/mol. The van der Waals surface area contributed by atoms with Gasteiger partial charge >= 0.3 is 0 Å². The van der Waals surface area contributed by atoms with Crippen molar-refractivity contribution in [2.45, 2.75) is 19.3 Å². The molecule has 0 saturated heterocycles. The lowest BCUT2D eigenvalue weighted by molar-refractivity contribution is 0.466. The van der Waals surface area contributed by atoms with E-state index in [1.54, 1.807) is 0 Å². The average molecular weight is 662 g/mol. The number of phenols is 2. The number of hydrogen-bond donors (Lipinski definition) is 8. The first-order chi connectivity index (χ1) is 13.1. The van der Waals surface area contributed by atoms with Crippen LogP contribution in [0.5, 0.6) is 11.5 Å². The number of halogens is 4. The number of hydrogen-bond acceptors (Lipinski definition) is 4. The van der Waals surface area contributed by atoms with Crippen LogP contribution in [-0.4, -0.2) is 22.1 Å². The SMILES string of the molecule is CC(C)(c1cc(Br)c(O)c(Br)c1)c1cc(Br)c(O)c(Br)c1.N=C(N)N.N=C(N)N. The number of nitrogens with one attached hydrogen (secondary N) is 2. The van der Waals surface area contributed by atoms with Crippen LogP contribution in [-0.2, 0) is 5.41 Å². The van der Waals surface area contributed by atoms with E-state index in [0.717, 1.165) is 11.1 Å². The molecule has 2 aromatic carbocycles. The van der Waals surface area contributed by atoms with Gasteiger partial charge in [-0.3, -0.25) is 10.8 Å². The lowest BCUT2D eigenvalue weighted by Crippen LogP contribution is -2.20. The second kappa shape index (κ2) is 11.6. The molecule has 29 heavy (non-hydrogen) atoms. The summed E-state index contributed by atoms with van der Waals surface area (Å²) in [6.45, 7) is 4.17. The number of nitrogens with two attached hydrogens (primary N) is 4. The van der Waals surface area contributed by atoms with Gasteiger partial charge < -0.3 is 33.1 Å². The van der Waals surface area contributed by atoms with Crippen molar-refractivity contribution in [3.05, 3.63) is 53.3 Å². The van der Waals surface area contributed by atoms with Gasteiger partial charge in [-0.2, -0.15) is 0 Å². The summed E-state index contributed by atoms with van der Waals surface area (Å²) in [5.41, 5.74) is 19.6. The van der Waals surface area contributed by atoms with E-state index in [9.17, 15) is 10.2 Å². The summed E-state index contributed by atoms with van der Waals surface area (Å²) in [7, 11) is 0. The van der Waals surface area contributed by atoms with E-state index < -0.39 is 0 Å². The van der Waals surface area contributed by atoms with Crippen molar-refractivity contribution in [2.24, 2.45) is 22.9 Å². The number of phenolic OH excluding ortho intramolecular Hbond substituents is 2. The summed E-state index contributed by atoms with van der Waals surface area (Å²) in [5, 5.41) is 31.8. The van der Waals surface area contributed by atoms with Gasteiger partial charge in [-0.05, 0) is 99.1 Å². The normalized spacial score (nSPS) is 10.1.